The second-order valence-corrected chi connectivity index (χ2v) is 10.3. The number of rotatable bonds is 10. The number of halogens is 1. The Kier molecular flexibility index (Phi) is 11.3. The number of benzene rings is 1. The summed E-state index contributed by atoms with van der Waals surface area (Å²) in [5, 5.41) is 12.2. The molecule has 1 aliphatic heterocycles. The van der Waals surface area contributed by atoms with Crippen molar-refractivity contribution < 1.29 is 4.79 Å². The van der Waals surface area contributed by atoms with Crippen LogP contribution in [0.15, 0.2) is 72.6 Å². The average Bonchev–Trinajstić information content (AvgIpc) is 3.13. The maximum Gasteiger partial charge on any atom is 0.246 e. The van der Waals surface area contributed by atoms with E-state index in [2.05, 4.69) is 48.0 Å². The van der Waals surface area contributed by atoms with Crippen LogP contribution in [-0.4, -0.2) is 48.2 Å². The number of amides is 1. The lowest BCUT2D eigenvalue weighted by Gasteiger charge is -2.32. The summed E-state index contributed by atoms with van der Waals surface area (Å²) >= 11 is 6.19. The van der Waals surface area contributed by atoms with Gasteiger partial charge in [-0.3, -0.25) is 10.2 Å². The minimum Gasteiger partial charge on any atom is -0.391 e. The number of aryl methyl sites for hydroxylation is 1. The molecule has 0 radical (unpaired) electrons. The Morgan fingerprint density at radius 2 is 2.00 bits per heavy atom. The molecular weight excluding hydrogens is 480 g/mol. The fourth-order valence-corrected chi connectivity index (χ4v) is 4.94. The highest BCUT2D eigenvalue weighted by atomic mass is 35.5. The van der Waals surface area contributed by atoms with Crippen LogP contribution in [0.2, 0.25) is 5.02 Å². The first-order valence-electron chi connectivity index (χ1n) is 13.3. The number of likely N-dealkylation sites (tertiary alicyclic amines) is 1. The van der Waals surface area contributed by atoms with E-state index in [1.54, 1.807) is 6.08 Å². The van der Waals surface area contributed by atoms with E-state index < -0.39 is 0 Å². The topological polar surface area (TPSA) is 59.4 Å². The molecule has 1 amide bonds. The summed E-state index contributed by atoms with van der Waals surface area (Å²) < 4.78 is 0. The Hall–Kier alpha value is -3.05. The van der Waals surface area contributed by atoms with Crippen molar-refractivity contribution in [1.29, 1.82) is 5.41 Å². The summed E-state index contributed by atoms with van der Waals surface area (Å²) in [6, 6.07) is 5.84. The second kappa shape index (κ2) is 14.6. The number of carbonyl (C=O) groups excluding carboxylic acids is 1. The molecular formula is C31H41ClN4O. The summed E-state index contributed by atoms with van der Waals surface area (Å²) in [5.74, 6) is 1.59. The number of hydrogen-bond donors (Lipinski definition) is 2. The number of amidine groups is 1. The zero-order valence-corrected chi connectivity index (χ0v) is 23.2. The van der Waals surface area contributed by atoms with Crippen LogP contribution < -0.4 is 5.32 Å². The Labute approximate surface area is 227 Å². The number of nitrogens with zero attached hydrogens (tertiary/aromatic N) is 2. The highest BCUT2D eigenvalue weighted by Gasteiger charge is 2.22. The molecule has 1 saturated heterocycles. The predicted molar refractivity (Wildman–Crippen MR) is 157 cm³/mol. The van der Waals surface area contributed by atoms with Crippen LogP contribution in [0.1, 0.15) is 50.2 Å². The van der Waals surface area contributed by atoms with E-state index in [9.17, 15) is 4.79 Å². The van der Waals surface area contributed by atoms with Gasteiger partial charge in [0.2, 0.25) is 5.91 Å². The molecule has 1 heterocycles. The predicted octanol–water partition coefficient (Wildman–Crippen LogP) is 6.73. The lowest BCUT2D eigenvalue weighted by atomic mass is 9.93. The number of hydrogen-bond acceptors (Lipinski definition) is 3. The molecule has 1 fully saturated rings. The van der Waals surface area contributed by atoms with E-state index in [1.807, 2.05) is 55.0 Å². The van der Waals surface area contributed by atoms with Gasteiger partial charge in [0.05, 0.1) is 5.84 Å². The average molecular weight is 521 g/mol. The van der Waals surface area contributed by atoms with Gasteiger partial charge in [0.25, 0.3) is 0 Å². The molecule has 1 aromatic rings. The fraction of sp³-hybridized carbons (Fsp3) is 0.419. The molecule has 1 unspecified atom stereocenters. The lowest BCUT2D eigenvalue weighted by molar-refractivity contribution is -0.127. The van der Waals surface area contributed by atoms with Crippen LogP contribution >= 0.6 is 11.6 Å². The Bertz CT molecular complexity index is 1080. The molecule has 0 saturated carbocycles. The molecule has 1 atom stereocenters. The SMILES string of the molecule is CNC1=CC=CC=CC1CC/C=C/N(CCC1CCN(C(=O)/C=C/c2ccc(C)c(Cl)c2)CC1)C(C)=N. The summed E-state index contributed by atoms with van der Waals surface area (Å²) in [5.41, 5.74) is 3.21. The maximum absolute atomic E-state index is 12.7. The minimum absolute atomic E-state index is 0.0608. The van der Waals surface area contributed by atoms with Gasteiger partial charge < -0.3 is 15.1 Å². The summed E-state index contributed by atoms with van der Waals surface area (Å²) in [6.45, 7) is 6.23. The van der Waals surface area contributed by atoms with Gasteiger partial charge in [-0.2, -0.15) is 0 Å². The van der Waals surface area contributed by atoms with Crippen molar-refractivity contribution in [3.05, 3.63) is 88.8 Å². The molecule has 0 bridgehead atoms. The van der Waals surface area contributed by atoms with E-state index in [-0.39, 0.29) is 5.91 Å². The quantitative estimate of drug-likeness (QED) is 0.204. The van der Waals surface area contributed by atoms with Crippen LogP contribution in [0, 0.1) is 24.2 Å². The lowest BCUT2D eigenvalue weighted by Crippen LogP contribution is -2.38. The molecule has 5 nitrogen and oxygen atoms in total. The number of nitrogens with one attached hydrogen (secondary N) is 2. The van der Waals surface area contributed by atoms with Gasteiger partial charge in [0, 0.05) is 55.6 Å². The van der Waals surface area contributed by atoms with E-state index >= 15 is 0 Å². The molecule has 37 heavy (non-hydrogen) atoms. The van der Waals surface area contributed by atoms with Gasteiger partial charge in [-0.25, -0.2) is 0 Å². The first kappa shape index (κ1) is 28.5. The van der Waals surface area contributed by atoms with Crippen molar-refractivity contribution in [2.45, 2.75) is 46.0 Å². The van der Waals surface area contributed by atoms with Crippen molar-refractivity contribution in [3.63, 3.8) is 0 Å². The molecule has 0 aromatic heterocycles. The molecule has 1 aliphatic carbocycles. The van der Waals surface area contributed by atoms with Gasteiger partial charge in [-0.05, 0) is 81.2 Å². The van der Waals surface area contributed by atoms with Crippen LogP contribution in [0.5, 0.6) is 0 Å². The van der Waals surface area contributed by atoms with Crippen molar-refractivity contribution in [1.82, 2.24) is 15.1 Å². The van der Waals surface area contributed by atoms with Gasteiger partial charge in [-0.15, -0.1) is 0 Å². The monoisotopic (exact) mass is 520 g/mol. The van der Waals surface area contributed by atoms with E-state index in [0.29, 0.717) is 22.7 Å². The van der Waals surface area contributed by atoms with E-state index in [4.69, 9.17) is 17.0 Å². The van der Waals surface area contributed by atoms with Gasteiger partial charge in [0.1, 0.15) is 0 Å². The van der Waals surface area contributed by atoms with Crippen molar-refractivity contribution in [2.75, 3.05) is 26.7 Å². The van der Waals surface area contributed by atoms with E-state index in [0.717, 1.165) is 62.9 Å². The molecule has 1 aromatic carbocycles. The van der Waals surface area contributed by atoms with Crippen LogP contribution in [0.3, 0.4) is 0 Å². The molecule has 3 rings (SSSR count). The van der Waals surface area contributed by atoms with Crippen molar-refractivity contribution in [2.24, 2.45) is 11.8 Å². The van der Waals surface area contributed by atoms with Crippen molar-refractivity contribution >= 4 is 29.4 Å². The Morgan fingerprint density at radius 3 is 2.70 bits per heavy atom. The highest BCUT2D eigenvalue weighted by molar-refractivity contribution is 6.31. The smallest absolute Gasteiger partial charge is 0.246 e. The molecule has 2 N–H and O–H groups in total. The third kappa shape index (κ3) is 9.08. The van der Waals surface area contributed by atoms with E-state index in [1.165, 1.54) is 5.70 Å². The third-order valence-electron chi connectivity index (χ3n) is 7.21. The largest absolute Gasteiger partial charge is 0.391 e. The number of piperidine rings is 1. The summed E-state index contributed by atoms with van der Waals surface area (Å²) in [6.07, 6.45) is 23.4. The van der Waals surface area contributed by atoms with Crippen molar-refractivity contribution in [3.8, 4) is 0 Å². The standard InChI is InChI=1S/C31H41ClN4O/c1-24-12-13-27(23-29(24)32)14-15-31(37)36-21-17-26(18-22-36)16-20-35(25(2)33)19-8-7-10-28-9-5-4-6-11-30(28)34-3/h4-6,8-9,11-15,19,23,26,28,33-34H,7,10,16-18,20-22H2,1-3H3/b15-14+,19-8+,33-25?. The zero-order valence-electron chi connectivity index (χ0n) is 22.4. The van der Waals surface area contributed by atoms with Gasteiger partial charge in [-0.1, -0.05) is 54.1 Å². The Morgan fingerprint density at radius 1 is 1.22 bits per heavy atom. The fourth-order valence-electron chi connectivity index (χ4n) is 4.75. The highest BCUT2D eigenvalue weighted by Crippen LogP contribution is 2.23. The third-order valence-corrected chi connectivity index (χ3v) is 7.62. The summed E-state index contributed by atoms with van der Waals surface area (Å²) in [4.78, 5) is 16.6. The zero-order chi connectivity index (χ0) is 26.6. The van der Waals surface area contributed by atoms with Crippen LogP contribution in [0.25, 0.3) is 6.08 Å². The van der Waals surface area contributed by atoms with Crippen LogP contribution in [-0.2, 0) is 4.79 Å². The second-order valence-electron chi connectivity index (χ2n) is 9.89. The number of carbonyl (C=O) groups is 1. The maximum atomic E-state index is 12.7. The molecule has 0 spiro atoms. The minimum atomic E-state index is 0.0608. The Balaban J connectivity index is 1.40. The number of allylic oxidation sites excluding steroid dienone is 6. The van der Waals surface area contributed by atoms with Crippen LogP contribution in [0.4, 0.5) is 0 Å². The molecule has 6 heteroatoms. The van der Waals surface area contributed by atoms with Gasteiger partial charge in [0.15, 0.2) is 0 Å². The molecule has 2 aliphatic rings. The summed E-state index contributed by atoms with van der Waals surface area (Å²) in [7, 11) is 1.97. The van der Waals surface area contributed by atoms with Gasteiger partial charge >= 0.3 is 0 Å². The normalized spacial score (nSPS) is 18.3. The first-order chi connectivity index (χ1) is 17.9. The molecule has 198 valence electrons. The first-order valence-corrected chi connectivity index (χ1v) is 13.7.